The van der Waals surface area contributed by atoms with Gasteiger partial charge in [-0.05, 0) is 24.8 Å². The first kappa shape index (κ1) is 11.2. The van der Waals surface area contributed by atoms with Crippen molar-refractivity contribution in [1.82, 2.24) is 0 Å². The molecule has 2 heteroatoms. The molecule has 1 rings (SSSR count). The van der Waals surface area contributed by atoms with Gasteiger partial charge in [0.2, 0.25) is 0 Å². The molecular weight excluding hydrogens is 176 g/mol. The summed E-state index contributed by atoms with van der Waals surface area (Å²) in [6.07, 6.45) is 0.799. The van der Waals surface area contributed by atoms with Crippen LogP contribution in [0.3, 0.4) is 0 Å². The predicted octanol–water partition coefficient (Wildman–Crippen LogP) is 3.44. The third-order valence-corrected chi connectivity index (χ3v) is 2.38. The van der Waals surface area contributed by atoms with E-state index in [0.29, 0.717) is 5.92 Å². The zero-order valence-electron chi connectivity index (χ0n) is 9.03. The Morgan fingerprint density at radius 3 is 2.29 bits per heavy atom. The highest BCUT2D eigenvalue weighted by atomic mass is 17.1. The molecule has 0 saturated heterocycles. The van der Waals surface area contributed by atoms with Crippen LogP contribution in [0, 0.1) is 5.92 Å². The smallest absolute Gasteiger partial charge is 0.126 e. The molecule has 2 nitrogen and oxygen atoms in total. The second kappa shape index (κ2) is 4.58. The van der Waals surface area contributed by atoms with Crippen LogP contribution >= 0.6 is 0 Å². The molecule has 14 heavy (non-hydrogen) atoms. The molecule has 1 atom stereocenters. The van der Waals surface area contributed by atoms with E-state index in [4.69, 9.17) is 5.26 Å². The van der Waals surface area contributed by atoms with E-state index < -0.39 is 5.60 Å². The molecular formula is C12H18O2. The van der Waals surface area contributed by atoms with Gasteiger partial charge in [0, 0.05) is 0 Å². The maximum atomic E-state index is 8.99. The standard InChI is InChI=1S/C12H18O2/c1-10(2)9-12(3,14-13)11-7-5-4-6-8-11/h4-8,10,13H,9H2,1-3H3/t12-/m0/s1. The van der Waals surface area contributed by atoms with E-state index in [1.807, 2.05) is 37.3 Å². The molecule has 0 heterocycles. The average Bonchev–Trinajstić information content (AvgIpc) is 2.18. The second-order valence-corrected chi connectivity index (χ2v) is 4.29. The van der Waals surface area contributed by atoms with E-state index in [-0.39, 0.29) is 0 Å². The van der Waals surface area contributed by atoms with Gasteiger partial charge in [0.1, 0.15) is 5.60 Å². The quantitative estimate of drug-likeness (QED) is 0.587. The van der Waals surface area contributed by atoms with Crippen molar-refractivity contribution in [2.24, 2.45) is 5.92 Å². The molecule has 0 spiro atoms. The third-order valence-electron chi connectivity index (χ3n) is 2.38. The summed E-state index contributed by atoms with van der Waals surface area (Å²) in [4.78, 5) is 4.63. The molecule has 1 aromatic rings. The summed E-state index contributed by atoms with van der Waals surface area (Å²) in [5, 5.41) is 8.99. The van der Waals surface area contributed by atoms with Gasteiger partial charge in [-0.25, -0.2) is 4.89 Å². The monoisotopic (exact) mass is 194 g/mol. The maximum absolute atomic E-state index is 8.99. The summed E-state index contributed by atoms with van der Waals surface area (Å²) < 4.78 is 0. The lowest BCUT2D eigenvalue weighted by Gasteiger charge is -2.28. The van der Waals surface area contributed by atoms with Crippen molar-refractivity contribution in [3.63, 3.8) is 0 Å². The van der Waals surface area contributed by atoms with Gasteiger partial charge in [0.25, 0.3) is 0 Å². The van der Waals surface area contributed by atoms with Gasteiger partial charge in [-0.2, -0.15) is 0 Å². The highest BCUT2D eigenvalue weighted by Crippen LogP contribution is 2.31. The lowest BCUT2D eigenvalue weighted by atomic mass is 9.87. The van der Waals surface area contributed by atoms with E-state index in [1.165, 1.54) is 0 Å². The average molecular weight is 194 g/mol. The fraction of sp³-hybridized carbons (Fsp3) is 0.500. The molecule has 0 aliphatic rings. The minimum Gasteiger partial charge on any atom is -0.251 e. The van der Waals surface area contributed by atoms with Crippen LogP contribution in [0.5, 0.6) is 0 Å². The topological polar surface area (TPSA) is 29.5 Å². The van der Waals surface area contributed by atoms with E-state index >= 15 is 0 Å². The van der Waals surface area contributed by atoms with E-state index in [0.717, 1.165) is 12.0 Å². The van der Waals surface area contributed by atoms with Gasteiger partial charge in [0.15, 0.2) is 0 Å². The van der Waals surface area contributed by atoms with Crippen LogP contribution in [-0.2, 0) is 10.5 Å². The van der Waals surface area contributed by atoms with Crippen LogP contribution in [0.15, 0.2) is 30.3 Å². The second-order valence-electron chi connectivity index (χ2n) is 4.29. The van der Waals surface area contributed by atoms with Crippen molar-refractivity contribution in [3.05, 3.63) is 35.9 Å². The van der Waals surface area contributed by atoms with Crippen LogP contribution in [0.1, 0.15) is 32.8 Å². The summed E-state index contributed by atoms with van der Waals surface area (Å²) >= 11 is 0. The minimum absolute atomic E-state index is 0.479. The van der Waals surface area contributed by atoms with E-state index in [2.05, 4.69) is 18.7 Å². The highest BCUT2D eigenvalue weighted by molar-refractivity contribution is 5.21. The van der Waals surface area contributed by atoms with Crippen molar-refractivity contribution in [2.45, 2.75) is 32.8 Å². The Morgan fingerprint density at radius 1 is 1.29 bits per heavy atom. The Kier molecular flexibility index (Phi) is 3.67. The number of hydrogen-bond acceptors (Lipinski definition) is 2. The summed E-state index contributed by atoms with van der Waals surface area (Å²) in [5.41, 5.74) is 0.423. The molecule has 0 fully saturated rings. The van der Waals surface area contributed by atoms with Crippen molar-refractivity contribution in [3.8, 4) is 0 Å². The zero-order chi connectivity index (χ0) is 10.6. The van der Waals surface area contributed by atoms with E-state index in [1.54, 1.807) is 0 Å². The van der Waals surface area contributed by atoms with Crippen LogP contribution in [0.4, 0.5) is 0 Å². The Hall–Kier alpha value is -0.860. The molecule has 0 aliphatic carbocycles. The van der Waals surface area contributed by atoms with Gasteiger partial charge in [-0.1, -0.05) is 44.2 Å². The summed E-state index contributed by atoms with van der Waals surface area (Å²) in [5.74, 6) is 0.479. The fourth-order valence-corrected chi connectivity index (χ4v) is 1.78. The summed E-state index contributed by atoms with van der Waals surface area (Å²) in [6, 6.07) is 9.80. The Morgan fingerprint density at radius 2 is 1.86 bits per heavy atom. The highest BCUT2D eigenvalue weighted by Gasteiger charge is 2.28. The number of hydrogen-bond donors (Lipinski definition) is 1. The van der Waals surface area contributed by atoms with E-state index in [9.17, 15) is 0 Å². The minimum atomic E-state index is -0.588. The van der Waals surface area contributed by atoms with Crippen molar-refractivity contribution in [1.29, 1.82) is 0 Å². The first-order valence-corrected chi connectivity index (χ1v) is 4.96. The first-order chi connectivity index (χ1) is 6.58. The molecule has 0 aromatic heterocycles. The lowest BCUT2D eigenvalue weighted by Crippen LogP contribution is -2.26. The van der Waals surface area contributed by atoms with Crippen molar-refractivity contribution < 1.29 is 10.1 Å². The molecule has 0 amide bonds. The van der Waals surface area contributed by atoms with Crippen LogP contribution in [-0.4, -0.2) is 5.26 Å². The third kappa shape index (κ3) is 2.56. The molecule has 0 unspecified atom stereocenters. The summed E-state index contributed by atoms with van der Waals surface area (Å²) in [7, 11) is 0. The van der Waals surface area contributed by atoms with Gasteiger partial charge in [-0.15, -0.1) is 0 Å². The van der Waals surface area contributed by atoms with Crippen molar-refractivity contribution >= 4 is 0 Å². The molecule has 1 aromatic carbocycles. The fourth-order valence-electron chi connectivity index (χ4n) is 1.78. The molecule has 0 saturated carbocycles. The van der Waals surface area contributed by atoms with Gasteiger partial charge in [-0.3, -0.25) is 5.26 Å². The van der Waals surface area contributed by atoms with Crippen LogP contribution < -0.4 is 0 Å². The molecule has 78 valence electrons. The molecule has 0 radical (unpaired) electrons. The number of rotatable bonds is 4. The molecule has 1 N–H and O–H groups in total. The normalized spacial score (nSPS) is 15.5. The first-order valence-electron chi connectivity index (χ1n) is 4.96. The molecule has 0 bridgehead atoms. The van der Waals surface area contributed by atoms with Gasteiger partial charge >= 0.3 is 0 Å². The predicted molar refractivity (Wildman–Crippen MR) is 57.0 cm³/mol. The SMILES string of the molecule is CC(C)C[C@](C)(OO)c1ccccc1. The Balaban J connectivity index is 2.90. The van der Waals surface area contributed by atoms with Gasteiger partial charge < -0.3 is 0 Å². The number of benzene rings is 1. The van der Waals surface area contributed by atoms with Crippen LogP contribution in [0.25, 0.3) is 0 Å². The largest absolute Gasteiger partial charge is 0.251 e. The zero-order valence-corrected chi connectivity index (χ0v) is 9.03. The van der Waals surface area contributed by atoms with Crippen LogP contribution in [0.2, 0.25) is 0 Å². The molecule has 0 aliphatic heterocycles. The Labute approximate surface area is 85.5 Å². The lowest BCUT2D eigenvalue weighted by molar-refractivity contribution is -0.327. The van der Waals surface area contributed by atoms with Gasteiger partial charge in [0.05, 0.1) is 0 Å². The van der Waals surface area contributed by atoms with Crippen molar-refractivity contribution in [2.75, 3.05) is 0 Å². The maximum Gasteiger partial charge on any atom is 0.126 e. The summed E-state index contributed by atoms with van der Waals surface area (Å²) in [6.45, 7) is 6.13. The Bertz CT molecular complexity index is 269.